The van der Waals surface area contributed by atoms with E-state index in [2.05, 4.69) is 32.0 Å². The Kier molecular flexibility index (Phi) is 4.65. The van der Waals surface area contributed by atoms with E-state index in [0.29, 0.717) is 5.92 Å². The van der Waals surface area contributed by atoms with Gasteiger partial charge in [-0.15, -0.1) is 0 Å². The van der Waals surface area contributed by atoms with Gasteiger partial charge in [-0.3, -0.25) is 0 Å². The van der Waals surface area contributed by atoms with Crippen LogP contribution in [0.3, 0.4) is 0 Å². The number of benzene rings is 1. The van der Waals surface area contributed by atoms with Gasteiger partial charge in [0.1, 0.15) is 5.75 Å². The first-order valence-electron chi connectivity index (χ1n) is 7.17. The van der Waals surface area contributed by atoms with Crippen LogP contribution in [0, 0.1) is 11.8 Å². The molecular formula is C16H25NO. The van der Waals surface area contributed by atoms with Gasteiger partial charge in [0.05, 0.1) is 6.61 Å². The zero-order valence-corrected chi connectivity index (χ0v) is 11.6. The van der Waals surface area contributed by atoms with Crippen molar-refractivity contribution in [2.75, 3.05) is 6.61 Å². The van der Waals surface area contributed by atoms with Crippen LogP contribution >= 0.6 is 0 Å². The van der Waals surface area contributed by atoms with Gasteiger partial charge in [0.15, 0.2) is 0 Å². The van der Waals surface area contributed by atoms with Gasteiger partial charge >= 0.3 is 0 Å². The molecule has 2 heteroatoms. The Labute approximate surface area is 111 Å². The van der Waals surface area contributed by atoms with Crippen molar-refractivity contribution in [2.24, 2.45) is 17.6 Å². The molecule has 1 heterocycles. The lowest BCUT2D eigenvalue weighted by atomic mass is 9.85. The molecule has 0 radical (unpaired) electrons. The van der Waals surface area contributed by atoms with Crippen LogP contribution in [-0.4, -0.2) is 12.6 Å². The van der Waals surface area contributed by atoms with Crippen LogP contribution in [0.5, 0.6) is 5.75 Å². The van der Waals surface area contributed by atoms with E-state index in [1.165, 1.54) is 18.4 Å². The lowest BCUT2D eigenvalue weighted by Crippen LogP contribution is -2.38. The van der Waals surface area contributed by atoms with Crippen molar-refractivity contribution >= 4 is 0 Å². The number of para-hydroxylation sites is 1. The molecular weight excluding hydrogens is 222 g/mol. The molecule has 0 saturated heterocycles. The van der Waals surface area contributed by atoms with E-state index in [1.807, 2.05) is 6.07 Å². The third-order valence-electron chi connectivity index (χ3n) is 3.97. The quantitative estimate of drug-likeness (QED) is 0.865. The minimum Gasteiger partial charge on any atom is -0.493 e. The summed E-state index contributed by atoms with van der Waals surface area (Å²) in [5, 5.41) is 0. The number of ether oxygens (including phenoxy) is 1. The first-order valence-corrected chi connectivity index (χ1v) is 7.17. The molecule has 0 bridgehead atoms. The molecule has 1 aromatic carbocycles. The Morgan fingerprint density at radius 3 is 2.94 bits per heavy atom. The van der Waals surface area contributed by atoms with Crippen LogP contribution in [0.15, 0.2) is 24.3 Å². The van der Waals surface area contributed by atoms with Crippen molar-refractivity contribution in [1.82, 2.24) is 0 Å². The summed E-state index contributed by atoms with van der Waals surface area (Å²) in [6, 6.07) is 8.58. The predicted molar refractivity (Wildman–Crippen MR) is 75.8 cm³/mol. The second-order valence-electron chi connectivity index (χ2n) is 5.68. The van der Waals surface area contributed by atoms with E-state index in [1.54, 1.807) is 0 Å². The summed E-state index contributed by atoms with van der Waals surface area (Å²) in [7, 11) is 0. The van der Waals surface area contributed by atoms with Crippen molar-refractivity contribution in [3.05, 3.63) is 29.8 Å². The fourth-order valence-corrected chi connectivity index (χ4v) is 2.89. The molecule has 2 rings (SSSR count). The molecule has 1 aromatic rings. The number of hydrogen-bond donors (Lipinski definition) is 1. The molecule has 2 nitrogen and oxygen atoms in total. The molecule has 100 valence electrons. The minimum atomic E-state index is 0.264. The second kappa shape index (κ2) is 6.24. The van der Waals surface area contributed by atoms with Crippen LogP contribution in [0.4, 0.5) is 0 Å². The Morgan fingerprint density at radius 1 is 1.39 bits per heavy atom. The smallest absolute Gasteiger partial charge is 0.122 e. The van der Waals surface area contributed by atoms with Crippen molar-refractivity contribution in [2.45, 2.75) is 45.6 Å². The van der Waals surface area contributed by atoms with E-state index in [9.17, 15) is 0 Å². The summed E-state index contributed by atoms with van der Waals surface area (Å²) in [5.41, 5.74) is 7.67. The van der Waals surface area contributed by atoms with E-state index in [4.69, 9.17) is 10.5 Å². The average Bonchev–Trinajstić information content (AvgIpc) is 2.38. The monoisotopic (exact) mass is 247 g/mol. The molecule has 3 unspecified atom stereocenters. The van der Waals surface area contributed by atoms with Gasteiger partial charge in [-0.2, -0.15) is 0 Å². The summed E-state index contributed by atoms with van der Waals surface area (Å²) in [5.74, 6) is 2.24. The minimum absolute atomic E-state index is 0.264. The Morgan fingerprint density at radius 2 is 2.17 bits per heavy atom. The Hall–Kier alpha value is -1.02. The van der Waals surface area contributed by atoms with Crippen LogP contribution in [-0.2, 0) is 6.42 Å². The molecule has 1 aliphatic heterocycles. The fourth-order valence-electron chi connectivity index (χ4n) is 2.89. The molecule has 0 saturated carbocycles. The standard InChI is InChI=1S/C16H25NO/c1-3-6-12(2)9-15(17)14-10-13-7-4-5-8-16(13)18-11-14/h4-5,7-8,12,14-15H,3,6,9-11,17H2,1-2H3. The van der Waals surface area contributed by atoms with E-state index in [-0.39, 0.29) is 6.04 Å². The number of hydrogen-bond acceptors (Lipinski definition) is 2. The van der Waals surface area contributed by atoms with Gasteiger partial charge in [-0.05, 0) is 30.4 Å². The van der Waals surface area contributed by atoms with Crippen molar-refractivity contribution < 1.29 is 4.74 Å². The van der Waals surface area contributed by atoms with Gasteiger partial charge in [0.2, 0.25) is 0 Å². The highest BCUT2D eigenvalue weighted by atomic mass is 16.5. The maximum atomic E-state index is 6.36. The van der Waals surface area contributed by atoms with Crippen molar-refractivity contribution in [3.63, 3.8) is 0 Å². The maximum absolute atomic E-state index is 6.36. The van der Waals surface area contributed by atoms with E-state index in [0.717, 1.165) is 31.1 Å². The molecule has 1 aliphatic rings. The molecule has 3 atom stereocenters. The Balaban J connectivity index is 1.92. The zero-order chi connectivity index (χ0) is 13.0. The zero-order valence-electron chi connectivity index (χ0n) is 11.6. The van der Waals surface area contributed by atoms with Crippen molar-refractivity contribution in [1.29, 1.82) is 0 Å². The summed E-state index contributed by atoms with van der Waals surface area (Å²) >= 11 is 0. The summed E-state index contributed by atoms with van der Waals surface area (Å²) in [6.45, 7) is 5.32. The molecule has 0 spiro atoms. The summed E-state index contributed by atoms with van der Waals surface area (Å²) in [6.07, 6.45) is 4.70. The van der Waals surface area contributed by atoms with E-state index < -0.39 is 0 Å². The van der Waals surface area contributed by atoms with Crippen LogP contribution < -0.4 is 10.5 Å². The van der Waals surface area contributed by atoms with Gasteiger partial charge in [-0.25, -0.2) is 0 Å². The third-order valence-corrected chi connectivity index (χ3v) is 3.97. The summed E-state index contributed by atoms with van der Waals surface area (Å²) < 4.78 is 5.82. The van der Waals surface area contributed by atoms with Crippen LogP contribution in [0.1, 0.15) is 38.7 Å². The first kappa shape index (κ1) is 13.4. The molecule has 0 aromatic heterocycles. The molecule has 2 N–H and O–H groups in total. The fraction of sp³-hybridized carbons (Fsp3) is 0.625. The highest BCUT2D eigenvalue weighted by Gasteiger charge is 2.25. The molecule has 0 aliphatic carbocycles. The lowest BCUT2D eigenvalue weighted by Gasteiger charge is -2.30. The largest absolute Gasteiger partial charge is 0.493 e. The Bertz CT molecular complexity index is 377. The lowest BCUT2D eigenvalue weighted by molar-refractivity contribution is 0.187. The second-order valence-corrected chi connectivity index (χ2v) is 5.68. The van der Waals surface area contributed by atoms with Crippen LogP contribution in [0.2, 0.25) is 0 Å². The molecule has 0 fully saturated rings. The normalized spacial score (nSPS) is 21.8. The van der Waals surface area contributed by atoms with Gasteiger partial charge in [0, 0.05) is 12.0 Å². The maximum Gasteiger partial charge on any atom is 0.122 e. The molecule has 0 amide bonds. The predicted octanol–water partition coefficient (Wildman–Crippen LogP) is 3.39. The van der Waals surface area contributed by atoms with E-state index >= 15 is 0 Å². The van der Waals surface area contributed by atoms with Crippen LogP contribution in [0.25, 0.3) is 0 Å². The third kappa shape index (κ3) is 3.26. The van der Waals surface area contributed by atoms with Gasteiger partial charge in [-0.1, -0.05) is 44.9 Å². The van der Waals surface area contributed by atoms with Gasteiger partial charge in [0.25, 0.3) is 0 Å². The topological polar surface area (TPSA) is 35.2 Å². The average molecular weight is 247 g/mol. The van der Waals surface area contributed by atoms with Gasteiger partial charge < -0.3 is 10.5 Å². The summed E-state index contributed by atoms with van der Waals surface area (Å²) in [4.78, 5) is 0. The first-order chi connectivity index (χ1) is 8.70. The highest BCUT2D eigenvalue weighted by molar-refractivity contribution is 5.35. The number of fused-ring (bicyclic) bond motifs is 1. The SMILES string of the molecule is CCCC(C)CC(N)C1COc2ccccc2C1. The van der Waals surface area contributed by atoms with Crippen molar-refractivity contribution in [3.8, 4) is 5.75 Å². The highest BCUT2D eigenvalue weighted by Crippen LogP contribution is 2.29. The molecule has 18 heavy (non-hydrogen) atoms. The number of rotatable bonds is 5. The number of nitrogens with two attached hydrogens (primary N) is 1.